The Morgan fingerprint density at radius 3 is 3.00 bits per heavy atom. The van der Waals surface area contributed by atoms with Gasteiger partial charge in [-0.2, -0.15) is 0 Å². The molecule has 1 aromatic carbocycles. The first-order chi connectivity index (χ1) is 8.70. The highest BCUT2D eigenvalue weighted by atomic mass is 16.6. The van der Waals surface area contributed by atoms with Gasteiger partial charge >= 0.3 is 0 Å². The third-order valence-corrected chi connectivity index (χ3v) is 2.90. The summed E-state index contributed by atoms with van der Waals surface area (Å²) in [6.45, 7) is 1.29. The third kappa shape index (κ3) is 2.84. The number of nitro groups is 1. The van der Waals surface area contributed by atoms with Gasteiger partial charge in [0.1, 0.15) is 12.0 Å². The molecule has 1 heterocycles. The topological polar surface area (TPSA) is 81.5 Å². The maximum Gasteiger partial charge on any atom is 0.293 e. The molecule has 0 saturated carbocycles. The summed E-state index contributed by atoms with van der Waals surface area (Å²) in [5, 5.41) is 13.9. The molecule has 0 bridgehead atoms. The zero-order chi connectivity index (χ0) is 13.0. The lowest BCUT2D eigenvalue weighted by molar-refractivity contribution is -0.384. The molecule has 1 unspecified atom stereocenters. The van der Waals surface area contributed by atoms with E-state index in [1.807, 2.05) is 0 Å². The van der Waals surface area contributed by atoms with E-state index in [0.717, 1.165) is 19.4 Å². The van der Waals surface area contributed by atoms with Crippen LogP contribution in [0.4, 0.5) is 11.4 Å². The van der Waals surface area contributed by atoms with Crippen LogP contribution in [0, 0.1) is 10.1 Å². The standard InChI is InChI=1S/C12H14N2O4/c15-8-9-3-4-11(12(6-9)14(16)17)13-7-10-2-1-5-18-10/h3-4,6,8,10,13H,1-2,5,7H2. The summed E-state index contributed by atoms with van der Waals surface area (Å²) in [5.74, 6) is 0. The molecule has 1 aromatic rings. The van der Waals surface area contributed by atoms with Crippen LogP contribution in [0.15, 0.2) is 18.2 Å². The SMILES string of the molecule is O=Cc1ccc(NCC2CCCO2)c([N+](=O)[O-])c1. The van der Waals surface area contributed by atoms with Crippen molar-refractivity contribution in [1.29, 1.82) is 0 Å². The van der Waals surface area contributed by atoms with Gasteiger partial charge in [0, 0.05) is 24.8 Å². The minimum absolute atomic E-state index is 0.0856. The molecule has 6 nitrogen and oxygen atoms in total. The Bertz CT molecular complexity index is 455. The van der Waals surface area contributed by atoms with Gasteiger partial charge in [-0.25, -0.2) is 0 Å². The molecule has 1 N–H and O–H groups in total. The molecule has 0 spiro atoms. The van der Waals surface area contributed by atoms with Gasteiger partial charge in [-0.1, -0.05) is 0 Å². The number of hydrogen-bond acceptors (Lipinski definition) is 5. The van der Waals surface area contributed by atoms with Gasteiger partial charge in [0.15, 0.2) is 0 Å². The van der Waals surface area contributed by atoms with Crippen LogP contribution in [0.25, 0.3) is 0 Å². The van der Waals surface area contributed by atoms with Crippen LogP contribution < -0.4 is 5.32 Å². The van der Waals surface area contributed by atoms with Crippen molar-refractivity contribution in [3.63, 3.8) is 0 Å². The predicted molar refractivity (Wildman–Crippen MR) is 65.9 cm³/mol. The van der Waals surface area contributed by atoms with Crippen LogP contribution in [0.3, 0.4) is 0 Å². The number of hydrogen-bond donors (Lipinski definition) is 1. The Morgan fingerprint density at radius 2 is 2.39 bits per heavy atom. The summed E-state index contributed by atoms with van der Waals surface area (Å²) in [4.78, 5) is 21.0. The lowest BCUT2D eigenvalue weighted by Gasteiger charge is -2.12. The summed E-state index contributed by atoms with van der Waals surface area (Å²) in [6, 6.07) is 4.37. The predicted octanol–water partition coefficient (Wildman–Crippen LogP) is 2.00. The maximum atomic E-state index is 10.9. The van der Waals surface area contributed by atoms with Crippen molar-refractivity contribution in [2.75, 3.05) is 18.5 Å². The average molecular weight is 250 g/mol. The second kappa shape index (κ2) is 5.59. The fourth-order valence-electron chi connectivity index (χ4n) is 1.95. The summed E-state index contributed by atoms with van der Waals surface area (Å²) in [7, 11) is 0. The van der Waals surface area contributed by atoms with E-state index in [9.17, 15) is 14.9 Å². The zero-order valence-corrected chi connectivity index (χ0v) is 9.80. The maximum absolute atomic E-state index is 10.9. The van der Waals surface area contributed by atoms with Gasteiger partial charge < -0.3 is 10.1 Å². The molecule has 1 aliphatic heterocycles. The second-order valence-electron chi connectivity index (χ2n) is 4.17. The first-order valence-corrected chi connectivity index (χ1v) is 5.80. The number of nitrogens with zero attached hydrogens (tertiary/aromatic N) is 1. The zero-order valence-electron chi connectivity index (χ0n) is 9.80. The van der Waals surface area contributed by atoms with Crippen molar-refractivity contribution in [2.45, 2.75) is 18.9 Å². The Morgan fingerprint density at radius 1 is 1.56 bits per heavy atom. The summed E-state index contributed by atoms with van der Waals surface area (Å²) < 4.78 is 5.43. The number of aldehydes is 1. The number of anilines is 1. The van der Waals surface area contributed by atoms with Gasteiger partial charge in [-0.15, -0.1) is 0 Å². The van der Waals surface area contributed by atoms with Crippen molar-refractivity contribution < 1.29 is 14.5 Å². The number of nitrogens with one attached hydrogen (secondary N) is 1. The van der Waals surface area contributed by atoms with E-state index >= 15 is 0 Å². The van der Waals surface area contributed by atoms with Gasteiger partial charge in [-0.05, 0) is 25.0 Å². The fourth-order valence-corrected chi connectivity index (χ4v) is 1.95. The number of nitro benzene ring substituents is 1. The number of ether oxygens (including phenoxy) is 1. The number of carbonyl (C=O) groups is 1. The lowest BCUT2D eigenvalue weighted by Crippen LogP contribution is -2.18. The average Bonchev–Trinajstić information content (AvgIpc) is 2.89. The van der Waals surface area contributed by atoms with E-state index in [0.29, 0.717) is 24.1 Å². The van der Waals surface area contributed by atoms with E-state index in [1.54, 1.807) is 12.1 Å². The minimum atomic E-state index is -0.495. The summed E-state index contributed by atoms with van der Waals surface area (Å²) >= 11 is 0. The highest BCUT2D eigenvalue weighted by molar-refractivity contribution is 5.79. The molecule has 18 heavy (non-hydrogen) atoms. The lowest BCUT2D eigenvalue weighted by atomic mass is 10.1. The summed E-state index contributed by atoms with van der Waals surface area (Å²) in [6.07, 6.45) is 2.69. The molecule has 1 fully saturated rings. The molecule has 96 valence electrons. The number of benzene rings is 1. The normalized spacial score (nSPS) is 18.6. The van der Waals surface area contributed by atoms with Crippen LogP contribution >= 0.6 is 0 Å². The second-order valence-corrected chi connectivity index (χ2v) is 4.17. The first kappa shape index (κ1) is 12.5. The molecule has 0 aromatic heterocycles. The Labute approximate surface area is 104 Å². The van der Waals surface area contributed by atoms with Gasteiger partial charge in [-0.3, -0.25) is 14.9 Å². The Hall–Kier alpha value is -1.95. The van der Waals surface area contributed by atoms with E-state index in [1.165, 1.54) is 6.07 Å². The third-order valence-electron chi connectivity index (χ3n) is 2.90. The van der Waals surface area contributed by atoms with Crippen LogP contribution in [0.2, 0.25) is 0 Å². The van der Waals surface area contributed by atoms with E-state index < -0.39 is 4.92 Å². The van der Waals surface area contributed by atoms with E-state index in [4.69, 9.17) is 4.74 Å². The first-order valence-electron chi connectivity index (χ1n) is 5.80. The van der Waals surface area contributed by atoms with Gasteiger partial charge in [0.05, 0.1) is 11.0 Å². The van der Waals surface area contributed by atoms with Crippen molar-refractivity contribution in [3.05, 3.63) is 33.9 Å². The highest BCUT2D eigenvalue weighted by Gasteiger charge is 2.18. The van der Waals surface area contributed by atoms with Crippen molar-refractivity contribution in [2.24, 2.45) is 0 Å². The Balaban J connectivity index is 2.10. The van der Waals surface area contributed by atoms with E-state index in [-0.39, 0.29) is 11.8 Å². The molecule has 1 atom stereocenters. The van der Waals surface area contributed by atoms with Crippen LogP contribution in [-0.4, -0.2) is 30.5 Å². The Kier molecular flexibility index (Phi) is 3.88. The van der Waals surface area contributed by atoms with Crippen molar-refractivity contribution >= 4 is 17.7 Å². The number of rotatable bonds is 5. The molecular formula is C12H14N2O4. The largest absolute Gasteiger partial charge is 0.377 e. The molecule has 2 rings (SSSR count). The fraction of sp³-hybridized carbons (Fsp3) is 0.417. The highest BCUT2D eigenvalue weighted by Crippen LogP contribution is 2.25. The molecule has 0 aliphatic carbocycles. The molecular weight excluding hydrogens is 236 g/mol. The van der Waals surface area contributed by atoms with Gasteiger partial charge in [0.2, 0.25) is 0 Å². The number of carbonyl (C=O) groups excluding carboxylic acids is 1. The van der Waals surface area contributed by atoms with Crippen LogP contribution in [0.5, 0.6) is 0 Å². The monoisotopic (exact) mass is 250 g/mol. The van der Waals surface area contributed by atoms with Crippen molar-refractivity contribution in [3.8, 4) is 0 Å². The van der Waals surface area contributed by atoms with E-state index in [2.05, 4.69) is 5.32 Å². The molecule has 0 radical (unpaired) electrons. The van der Waals surface area contributed by atoms with Crippen LogP contribution in [0.1, 0.15) is 23.2 Å². The molecule has 1 saturated heterocycles. The molecule has 6 heteroatoms. The van der Waals surface area contributed by atoms with Gasteiger partial charge in [0.25, 0.3) is 5.69 Å². The smallest absolute Gasteiger partial charge is 0.293 e. The molecule has 1 aliphatic rings. The quantitative estimate of drug-likeness (QED) is 0.491. The van der Waals surface area contributed by atoms with Crippen molar-refractivity contribution in [1.82, 2.24) is 0 Å². The van der Waals surface area contributed by atoms with Crippen LogP contribution in [-0.2, 0) is 4.74 Å². The summed E-state index contributed by atoms with van der Waals surface area (Å²) in [5.41, 5.74) is 0.628. The molecule has 0 amide bonds. The minimum Gasteiger partial charge on any atom is -0.377 e.